The van der Waals surface area contributed by atoms with Crippen molar-refractivity contribution in [2.45, 2.75) is 59.5 Å². The van der Waals surface area contributed by atoms with Gasteiger partial charge in [0.25, 0.3) is 0 Å². The molecule has 1 unspecified atom stereocenters. The van der Waals surface area contributed by atoms with Crippen LogP contribution in [0.3, 0.4) is 0 Å². The molecule has 0 aliphatic rings. The standard InChI is InChI=1S/C17H28BrNO/c1-6-8-13(2)12-20-16-14(9-7-10-15(16)18)11-19-17(3,4)5/h7,9-10,13,19H,6,8,11-12H2,1-5H3. The maximum atomic E-state index is 6.06. The molecule has 0 radical (unpaired) electrons. The normalized spacial score (nSPS) is 13.3. The van der Waals surface area contributed by atoms with Gasteiger partial charge < -0.3 is 10.1 Å². The molecule has 0 aliphatic heterocycles. The summed E-state index contributed by atoms with van der Waals surface area (Å²) in [4.78, 5) is 0. The Morgan fingerprint density at radius 2 is 2.00 bits per heavy atom. The Morgan fingerprint density at radius 1 is 1.30 bits per heavy atom. The van der Waals surface area contributed by atoms with Gasteiger partial charge >= 0.3 is 0 Å². The van der Waals surface area contributed by atoms with Crippen molar-refractivity contribution < 1.29 is 4.74 Å². The summed E-state index contributed by atoms with van der Waals surface area (Å²) < 4.78 is 7.10. The van der Waals surface area contributed by atoms with E-state index in [0.717, 1.165) is 23.4 Å². The van der Waals surface area contributed by atoms with Crippen molar-refractivity contribution in [3.8, 4) is 5.75 Å². The first kappa shape index (κ1) is 17.5. The van der Waals surface area contributed by atoms with Crippen LogP contribution >= 0.6 is 15.9 Å². The fourth-order valence-electron chi connectivity index (χ4n) is 2.02. The van der Waals surface area contributed by atoms with E-state index in [1.54, 1.807) is 0 Å². The molecule has 1 atom stereocenters. The van der Waals surface area contributed by atoms with Crippen LogP contribution in [-0.2, 0) is 6.54 Å². The Bertz CT molecular complexity index is 412. The van der Waals surface area contributed by atoms with Crippen LogP contribution in [0.25, 0.3) is 0 Å². The van der Waals surface area contributed by atoms with Crippen LogP contribution in [0.15, 0.2) is 22.7 Å². The highest BCUT2D eigenvalue weighted by molar-refractivity contribution is 9.10. The molecule has 1 aromatic rings. The van der Waals surface area contributed by atoms with Gasteiger partial charge in [-0.2, -0.15) is 0 Å². The second-order valence-electron chi connectivity index (χ2n) is 6.54. The zero-order valence-corrected chi connectivity index (χ0v) is 15.0. The van der Waals surface area contributed by atoms with E-state index < -0.39 is 0 Å². The second-order valence-corrected chi connectivity index (χ2v) is 7.39. The first-order valence-corrected chi connectivity index (χ1v) is 8.28. The Kier molecular flexibility index (Phi) is 7.04. The molecule has 1 aromatic carbocycles. The SMILES string of the molecule is CCCC(C)COc1c(Br)cccc1CNC(C)(C)C. The predicted molar refractivity (Wildman–Crippen MR) is 90.3 cm³/mol. The lowest BCUT2D eigenvalue weighted by Gasteiger charge is -2.22. The van der Waals surface area contributed by atoms with Crippen LogP contribution in [0.2, 0.25) is 0 Å². The molecule has 1 rings (SSSR count). The third kappa shape index (κ3) is 6.27. The molecule has 1 N–H and O–H groups in total. The van der Waals surface area contributed by atoms with Crippen molar-refractivity contribution in [2.75, 3.05) is 6.61 Å². The van der Waals surface area contributed by atoms with E-state index in [2.05, 4.69) is 68.0 Å². The van der Waals surface area contributed by atoms with Crippen LogP contribution in [0.4, 0.5) is 0 Å². The van der Waals surface area contributed by atoms with E-state index in [-0.39, 0.29) is 5.54 Å². The van der Waals surface area contributed by atoms with E-state index >= 15 is 0 Å². The van der Waals surface area contributed by atoms with Crippen molar-refractivity contribution in [1.82, 2.24) is 5.32 Å². The van der Waals surface area contributed by atoms with Gasteiger partial charge in [0.1, 0.15) is 5.75 Å². The van der Waals surface area contributed by atoms with Gasteiger partial charge in [0.05, 0.1) is 11.1 Å². The lowest BCUT2D eigenvalue weighted by molar-refractivity contribution is 0.247. The minimum Gasteiger partial charge on any atom is -0.492 e. The highest BCUT2D eigenvalue weighted by Crippen LogP contribution is 2.30. The summed E-state index contributed by atoms with van der Waals surface area (Å²) in [5.74, 6) is 1.57. The number of para-hydroxylation sites is 1. The first-order valence-electron chi connectivity index (χ1n) is 7.48. The van der Waals surface area contributed by atoms with Crippen molar-refractivity contribution >= 4 is 15.9 Å². The minimum absolute atomic E-state index is 0.106. The number of rotatable bonds is 7. The van der Waals surface area contributed by atoms with E-state index in [4.69, 9.17) is 4.74 Å². The molecule has 2 nitrogen and oxygen atoms in total. The molecular weight excluding hydrogens is 314 g/mol. The molecule has 0 bridgehead atoms. The quantitative estimate of drug-likeness (QED) is 0.740. The number of ether oxygens (including phenoxy) is 1. The Labute approximate surface area is 132 Å². The third-order valence-electron chi connectivity index (χ3n) is 3.15. The fraction of sp³-hybridized carbons (Fsp3) is 0.647. The molecule has 20 heavy (non-hydrogen) atoms. The van der Waals surface area contributed by atoms with Gasteiger partial charge in [-0.1, -0.05) is 32.4 Å². The van der Waals surface area contributed by atoms with Crippen LogP contribution in [0.5, 0.6) is 5.75 Å². The average Bonchev–Trinajstić information content (AvgIpc) is 2.34. The number of nitrogens with one attached hydrogen (secondary N) is 1. The smallest absolute Gasteiger partial charge is 0.137 e. The van der Waals surface area contributed by atoms with Gasteiger partial charge in [-0.3, -0.25) is 0 Å². The monoisotopic (exact) mass is 341 g/mol. The van der Waals surface area contributed by atoms with E-state index in [9.17, 15) is 0 Å². The number of benzene rings is 1. The maximum absolute atomic E-state index is 6.06. The number of hydrogen-bond acceptors (Lipinski definition) is 2. The van der Waals surface area contributed by atoms with Crippen LogP contribution < -0.4 is 10.1 Å². The van der Waals surface area contributed by atoms with Gasteiger partial charge in [-0.25, -0.2) is 0 Å². The van der Waals surface area contributed by atoms with Gasteiger partial charge in [-0.05, 0) is 55.1 Å². The summed E-state index contributed by atoms with van der Waals surface area (Å²) in [6.45, 7) is 12.6. The second kappa shape index (κ2) is 8.04. The van der Waals surface area contributed by atoms with Gasteiger partial charge in [0, 0.05) is 17.6 Å². The largest absolute Gasteiger partial charge is 0.492 e. The van der Waals surface area contributed by atoms with Crippen LogP contribution in [-0.4, -0.2) is 12.1 Å². The van der Waals surface area contributed by atoms with Gasteiger partial charge in [0.15, 0.2) is 0 Å². The van der Waals surface area contributed by atoms with Gasteiger partial charge in [0.2, 0.25) is 0 Å². The average molecular weight is 342 g/mol. The Hall–Kier alpha value is -0.540. The Balaban J connectivity index is 2.72. The minimum atomic E-state index is 0.106. The number of halogens is 1. The summed E-state index contributed by atoms with van der Waals surface area (Å²) in [7, 11) is 0. The molecule has 3 heteroatoms. The molecule has 0 fully saturated rings. The maximum Gasteiger partial charge on any atom is 0.137 e. The van der Waals surface area contributed by atoms with Crippen molar-refractivity contribution in [2.24, 2.45) is 5.92 Å². The molecule has 0 heterocycles. The molecular formula is C17H28BrNO. The van der Waals surface area contributed by atoms with E-state index in [0.29, 0.717) is 5.92 Å². The summed E-state index contributed by atoms with van der Waals surface area (Å²) in [6.07, 6.45) is 2.42. The molecule has 0 aromatic heterocycles. The van der Waals surface area contributed by atoms with Crippen LogP contribution in [0.1, 0.15) is 53.0 Å². The summed E-state index contributed by atoms with van der Waals surface area (Å²) in [5, 5.41) is 3.52. The fourth-order valence-corrected chi connectivity index (χ4v) is 2.54. The molecule has 0 saturated carbocycles. The van der Waals surface area contributed by atoms with Gasteiger partial charge in [-0.15, -0.1) is 0 Å². The highest BCUT2D eigenvalue weighted by Gasteiger charge is 2.13. The summed E-state index contributed by atoms with van der Waals surface area (Å²) >= 11 is 3.60. The lowest BCUT2D eigenvalue weighted by atomic mass is 10.1. The van der Waals surface area contributed by atoms with E-state index in [1.165, 1.54) is 18.4 Å². The predicted octanol–water partition coefficient (Wildman–Crippen LogP) is 5.15. The molecule has 0 spiro atoms. The third-order valence-corrected chi connectivity index (χ3v) is 3.78. The van der Waals surface area contributed by atoms with E-state index in [1.807, 2.05) is 6.07 Å². The molecule has 114 valence electrons. The number of hydrogen-bond donors (Lipinski definition) is 1. The molecule has 0 aliphatic carbocycles. The van der Waals surface area contributed by atoms with Crippen molar-refractivity contribution in [3.05, 3.63) is 28.2 Å². The summed E-state index contributed by atoms with van der Waals surface area (Å²) in [5.41, 5.74) is 1.31. The highest BCUT2D eigenvalue weighted by atomic mass is 79.9. The zero-order chi connectivity index (χ0) is 15.2. The molecule has 0 amide bonds. The van der Waals surface area contributed by atoms with Crippen molar-refractivity contribution in [3.63, 3.8) is 0 Å². The Morgan fingerprint density at radius 3 is 2.60 bits per heavy atom. The first-order chi connectivity index (χ1) is 9.33. The summed E-state index contributed by atoms with van der Waals surface area (Å²) in [6, 6.07) is 6.23. The van der Waals surface area contributed by atoms with Crippen molar-refractivity contribution in [1.29, 1.82) is 0 Å². The lowest BCUT2D eigenvalue weighted by Crippen LogP contribution is -2.35. The van der Waals surface area contributed by atoms with Crippen LogP contribution in [0, 0.1) is 5.92 Å². The zero-order valence-electron chi connectivity index (χ0n) is 13.4. The molecule has 0 saturated heterocycles. The topological polar surface area (TPSA) is 21.3 Å².